The van der Waals surface area contributed by atoms with Crippen molar-refractivity contribution in [2.24, 2.45) is 17.6 Å². The third-order valence-corrected chi connectivity index (χ3v) is 2.25. The Morgan fingerprint density at radius 1 is 1.80 bits per heavy atom. The molecule has 1 aliphatic rings. The topological polar surface area (TPSA) is 55.1 Å². The van der Waals surface area contributed by atoms with Gasteiger partial charge in [0.15, 0.2) is 0 Å². The number of carbonyl (C=O) groups excluding carboxylic acids is 1. The summed E-state index contributed by atoms with van der Waals surface area (Å²) in [6.07, 6.45) is 1.09. The van der Waals surface area contributed by atoms with Crippen molar-refractivity contribution in [2.75, 3.05) is 13.1 Å². The highest BCUT2D eigenvalue weighted by atomic mass is 16.1. The summed E-state index contributed by atoms with van der Waals surface area (Å²) in [5, 5.41) is 3.20. The fourth-order valence-electron chi connectivity index (χ4n) is 1.34. The number of nitrogens with two attached hydrogens (primary N) is 1. The van der Waals surface area contributed by atoms with Crippen molar-refractivity contribution in [3.63, 3.8) is 0 Å². The zero-order chi connectivity index (χ0) is 7.56. The van der Waals surface area contributed by atoms with E-state index in [1.54, 1.807) is 0 Å². The van der Waals surface area contributed by atoms with E-state index in [4.69, 9.17) is 5.73 Å². The molecular weight excluding hydrogens is 128 g/mol. The van der Waals surface area contributed by atoms with Crippen molar-refractivity contribution in [1.29, 1.82) is 0 Å². The molecule has 3 nitrogen and oxygen atoms in total. The summed E-state index contributed by atoms with van der Waals surface area (Å²) < 4.78 is 0. The normalized spacial score (nSPS) is 28.3. The first kappa shape index (κ1) is 7.54. The third kappa shape index (κ3) is 1.48. The van der Waals surface area contributed by atoms with Crippen LogP contribution in [0.1, 0.15) is 13.3 Å². The highest BCUT2D eigenvalue weighted by Gasteiger charge is 2.24. The molecule has 0 bridgehead atoms. The molecular formula is C7H14N2O. The molecule has 3 heteroatoms. The van der Waals surface area contributed by atoms with E-state index in [9.17, 15) is 4.79 Å². The van der Waals surface area contributed by atoms with Crippen molar-refractivity contribution in [1.82, 2.24) is 5.32 Å². The van der Waals surface area contributed by atoms with Crippen LogP contribution >= 0.6 is 0 Å². The van der Waals surface area contributed by atoms with Crippen LogP contribution in [0.3, 0.4) is 0 Å². The lowest BCUT2D eigenvalue weighted by Crippen LogP contribution is -2.28. The Morgan fingerprint density at radius 2 is 2.50 bits per heavy atom. The molecule has 10 heavy (non-hydrogen) atoms. The first-order chi connectivity index (χ1) is 4.72. The van der Waals surface area contributed by atoms with E-state index in [0.29, 0.717) is 5.92 Å². The predicted octanol–water partition coefficient (Wildman–Crippen LogP) is -0.283. The van der Waals surface area contributed by atoms with Crippen LogP contribution in [-0.4, -0.2) is 19.0 Å². The summed E-state index contributed by atoms with van der Waals surface area (Å²) in [4.78, 5) is 10.7. The number of carbonyl (C=O) groups is 1. The van der Waals surface area contributed by atoms with E-state index >= 15 is 0 Å². The lowest BCUT2D eigenvalue weighted by atomic mass is 9.93. The van der Waals surface area contributed by atoms with Gasteiger partial charge in [-0.2, -0.15) is 0 Å². The van der Waals surface area contributed by atoms with E-state index in [2.05, 4.69) is 5.32 Å². The van der Waals surface area contributed by atoms with E-state index in [1.165, 1.54) is 0 Å². The molecule has 0 aliphatic carbocycles. The van der Waals surface area contributed by atoms with Gasteiger partial charge in [0.25, 0.3) is 0 Å². The average molecular weight is 142 g/mol. The number of amides is 1. The van der Waals surface area contributed by atoms with Gasteiger partial charge < -0.3 is 11.1 Å². The van der Waals surface area contributed by atoms with Crippen molar-refractivity contribution >= 4 is 5.91 Å². The SMILES string of the molecule is CC(C(N)=O)[C@H]1CCNC1. The van der Waals surface area contributed by atoms with Gasteiger partial charge in [0.2, 0.25) is 5.91 Å². The molecule has 0 aromatic heterocycles. The molecule has 1 fully saturated rings. The van der Waals surface area contributed by atoms with Crippen molar-refractivity contribution < 1.29 is 4.79 Å². The fraction of sp³-hybridized carbons (Fsp3) is 0.857. The first-order valence-electron chi connectivity index (χ1n) is 3.72. The number of hydrogen-bond acceptors (Lipinski definition) is 2. The Bertz CT molecular complexity index is 130. The molecule has 1 heterocycles. The number of nitrogens with one attached hydrogen (secondary N) is 1. The molecule has 0 saturated carbocycles. The monoisotopic (exact) mass is 142 g/mol. The van der Waals surface area contributed by atoms with Crippen molar-refractivity contribution in [3.8, 4) is 0 Å². The van der Waals surface area contributed by atoms with Gasteiger partial charge in [-0.05, 0) is 25.4 Å². The minimum Gasteiger partial charge on any atom is -0.369 e. The number of primary amides is 1. The van der Waals surface area contributed by atoms with E-state index < -0.39 is 0 Å². The van der Waals surface area contributed by atoms with Gasteiger partial charge in [0, 0.05) is 5.92 Å². The minimum atomic E-state index is -0.172. The van der Waals surface area contributed by atoms with E-state index in [1.807, 2.05) is 6.92 Å². The Labute approximate surface area is 61.0 Å². The van der Waals surface area contributed by atoms with Gasteiger partial charge in [-0.15, -0.1) is 0 Å². The summed E-state index contributed by atoms with van der Waals surface area (Å²) in [5.74, 6) is 0.334. The zero-order valence-corrected chi connectivity index (χ0v) is 6.26. The molecule has 1 amide bonds. The van der Waals surface area contributed by atoms with Crippen LogP contribution < -0.4 is 11.1 Å². The molecule has 1 saturated heterocycles. The molecule has 0 spiro atoms. The van der Waals surface area contributed by atoms with Crippen LogP contribution in [0.4, 0.5) is 0 Å². The third-order valence-electron chi connectivity index (χ3n) is 2.25. The van der Waals surface area contributed by atoms with Crippen LogP contribution in [0.5, 0.6) is 0 Å². The maximum atomic E-state index is 10.7. The quantitative estimate of drug-likeness (QED) is 0.557. The van der Waals surface area contributed by atoms with Crippen molar-refractivity contribution in [2.45, 2.75) is 13.3 Å². The Kier molecular flexibility index (Phi) is 2.27. The van der Waals surface area contributed by atoms with Crippen LogP contribution in [0, 0.1) is 11.8 Å². The summed E-state index contributed by atoms with van der Waals surface area (Å²) >= 11 is 0. The average Bonchev–Trinajstić information content (AvgIpc) is 2.36. The lowest BCUT2D eigenvalue weighted by Gasteiger charge is -2.13. The van der Waals surface area contributed by atoms with Crippen LogP contribution in [0.25, 0.3) is 0 Å². The van der Waals surface area contributed by atoms with Crippen LogP contribution in [-0.2, 0) is 4.79 Å². The highest BCUT2D eigenvalue weighted by molar-refractivity contribution is 5.76. The zero-order valence-electron chi connectivity index (χ0n) is 6.26. The second-order valence-electron chi connectivity index (χ2n) is 2.94. The standard InChI is InChI=1S/C7H14N2O/c1-5(7(8)10)6-2-3-9-4-6/h5-6,9H,2-4H2,1H3,(H2,8,10)/t5?,6-/m0/s1. The molecule has 58 valence electrons. The summed E-state index contributed by atoms with van der Waals surface area (Å²) in [6, 6.07) is 0. The smallest absolute Gasteiger partial charge is 0.220 e. The molecule has 1 unspecified atom stereocenters. The van der Waals surface area contributed by atoms with Gasteiger partial charge >= 0.3 is 0 Å². The largest absolute Gasteiger partial charge is 0.369 e. The fourth-order valence-corrected chi connectivity index (χ4v) is 1.34. The maximum absolute atomic E-state index is 10.7. The molecule has 0 aromatic carbocycles. The van der Waals surface area contributed by atoms with E-state index in [0.717, 1.165) is 19.5 Å². The van der Waals surface area contributed by atoms with E-state index in [-0.39, 0.29) is 11.8 Å². The Morgan fingerprint density at radius 3 is 2.90 bits per heavy atom. The molecule has 3 N–H and O–H groups in total. The predicted molar refractivity (Wildman–Crippen MR) is 39.3 cm³/mol. The van der Waals surface area contributed by atoms with Gasteiger partial charge in [-0.1, -0.05) is 6.92 Å². The number of rotatable bonds is 2. The molecule has 2 atom stereocenters. The van der Waals surface area contributed by atoms with Crippen molar-refractivity contribution in [3.05, 3.63) is 0 Å². The molecule has 1 aliphatic heterocycles. The maximum Gasteiger partial charge on any atom is 0.220 e. The Balaban J connectivity index is 2.39. The second-order valence-corrected chi connectivity index (χ2v) is 2.94. The van der Waals surface area contributed by atoms with Gasteiger partial charge in [-0.3, -0.25) is 4.79 Å². The number of hydrogen-bond donors (Lipinski definition) is 2. The summed E-state index contributed by atoms with van der Waals surface area (Å²) in [6.45, 7) is 3.88. The first-order valence-corrected chi connectivity index (χ1v) is 3.72. The minimum absolute atomic E-state index is 0.0370. The van der Waals surface area contributed by atoms with Gasteiger partial charge in [-0.25, -0.2) is 0 Å². The van der Waals surface area contributed by atoms with Crippen LogP contribution in [0.15, 0.2) is 0 Å². The molecule has 0 aromatic rings. The highest BCUT2D eigenvalue weighted by Crippen LogP contribution is 2.17. The van der Waals surface area contributed by atoms with Crippen LogP contribution in [0.2, 0.25) is 0 Å². The second kappa shape index (κ2) is 3.01. The van der Waals surface area contributed by atoms with Gasteiger partial charge in [0.1, 0.15) is 0 Å². The lowest BCUT2D eigenvalue weighted by molar-refractivity contribution is -0.122. The van der Waals surface area contributed by atoms with Gasteiger partial charge in [0.05, 0.1) is 0 Å². The molecule has 0 radical (unpaired) electrons. The Hall–Kier alpha value is -0.570. The summed E-state index contributed by atoms with van der Waals surface area (Å²) in [5.41, 5.74) is 5.15. The molecule has 1 rings (SSSR count). The summed E-state index contributed by atoms with van der Waals surface area (Å²) in [7, 11) is 0.